The summed E-state index contributed by atoms with van der Waals surface area (Å²) in [6.07, 6.45) is 2.62. The maximum atomic E-state index is 12.8. The van der Waals surface area contributed by atoms with E-state index in [9.17, 15) is 9.90 Å². The van der Waals surface area contributed by atoms with Gasteiger partial charge >= 0.3 is 0 Å². The van der Waals surface area contributed by atoms with Gasteiger partial charge in [0.15, 0.2) is 0 Å². The number of benzene rings is 3. The lowest BCUT2D eigenvalue weighted by Crippen LogP contribution is -2.22. The quantitative estimate of drug-likeness (QED) is 0.324. The van der Waals surface area contributed by atoms with Crippen LogP contribution in [0.3, 0.4) is 0 Å². The lowest BCUT2D eigenvalue weighted by atomic mass is 9.76. The average molecular weight is 454 g/mol. The number of aryl methyl sites for hydroxylation is 1. The van der Waals surface area contributed by atoms with Crippen molar-refractivity contribution >= 4 is 16.8 Å². The molecule has 5 nitrogen and oxygen atoms in total. The Hall–Kier alpha value is -3.73. The number of phenolic OH excluding ortho intramolecular Hbond substituents is 1. The first-order chi connectivity index (χ1) is 16.1. The highest BCUT2D eigenvalue weighted by molar-refractivity contribution is 5.86. The van der Waals surface area contributed by atoms with Crippen LogP contribution in [0.2, 0.25) is 0 Å². The van der Waals surface area contributed by atoms with Gasteiger partial charge in [-0.05, 0) is 49.6 Å². The smallest absolute Gasteiger partial charge is 0.147 e. The molecule has 0 bridgehead atoms. The molecule has 0 unspecified atom stereocenters. The summed E-state index contributed by atoms with van der Waals surface area (Å²) in [5, 5.41) is 20.6. The second-order valence-electron chi connectivity index (χ2n) is 9.83. The van der Waals surface area contributed by atoms with Crippen molar-refractivity contribution in [1.29, 1.82) is 0 Å². The van der Waals surface area contributed by atoms with Crippen LogP contribution >= 0.6 is 0 Å². The van der Waals surface area contributed by atoms with E-state index in [4.69, 9.17) is 0 Å². The number of aromatic hydroxyl groups is 1. The summed E-state index contributed by atoms with van der Waals surface area (Å²) in [6.45, 7) is 11.7. The van der Waals surface area contributed by atoms with Crippen LogP contribution in [0.5, 0.6) is 5.75 Å². The molecule has 0 fully saturated rings. The van der Waals surface area contributed by atoms with E-state index in [1.807, 2.05) is 68.4 Å². The molecule has 1 aromatic heterocycles. The summed E-state index contributed by atoms with van der Waals surface area (Å²) >= 11 is 0. The van der Waals surface area contributed by atoms with Gasteiger partial charge in [-0.3, -0.25) is 4.79 Å². The van der Waals surface area contributed by atoms with E-state index < -0.39 is 10.8 Å². The van der Waals surface area contributed by atoms with Gasteiger partial charge in [-0.1, -0.05) is 68.5 Å². The van der Waals surface area contributed by atoms with E-state index in [2.05, 4.69) is 42.8 Å². The molecule has 34 heavy (non-hydrogen) atoms. The largest absolute Gasteiger partial charge is 0.505 e. The topological polar surface area (TPSA) is 68.0 Å². The molecular weight excluding hydrogens is 422 g/mol. The Bertz CT molecular complexity index is 1320. The molecule has 1 N–H and O–H groups in total. The fourth-order valence-electron chi connectivity index (χ4n) is 4.12. The standard InChI is InChI=1S/C29H31N3O2/c1-6-28(2,3)26(33)17-16-20-18-22(29(4,5)21-12-8-7-9-13-21)27(34)25(19-20)32-30-23-14-10-11-15-24(23)31-32/h6-15,18-19,34H,1,16-17H2,2-5H3. The van der Waals surface area contributed by atoms with Crippen LogP contribution < -0.4 is 0 Å². The van der Waals surface area contributed by atoms with Crippen molar-refractivity contribution in [2.75, 3.05) is 0 Å². The van der Waals surface area contributed by atoms with E-state index >= 15 is 0 Å². The number of carbonyl (C=O) groups is 1. The molecule has 0 atom stereocenters. The van der Waals surface area contributed by atoms with E-state index in [1.165, 1.54) is 4.80 Å². The zero-order valence-corrected chi connectivity index (χ0v) is 20.2. The fraction of sp³-hybridized carbons (Fsp3) is 0.276. The molecule has 4 aromatic rings. The second-order valence-corrected chi connectivity index (χ2v) is 9.83. The van der Waals surface area contributed by atoms with Gasteiger partial charge < -0.3 is 5.11 Å². The van der Waals surface area contributed by atoms with E-state index in [0.29, 0.717) is 18.5 Å². The minimum Gasteiger partial charge on any atom is -0.505 e. The summed E-state index contributed by atoms with van der Waals surface area (Å²) in [5.74, 6) is 0.264. The lowest BCUT2D eigenvalue weighted by Gasteiger charge is -2.28. The minimum absolute atomic E-state index is 0.129. The Morgan fingerprint density at radius 1 is 0.971 bits per heavy atom. The zero-order chi connectivity index (χ0) is 24.5. The third-order valence-electron chi connectivity index (χ3n) is 6.69. The van der Waals surface area contributed by atoms with Crippen LogP contribution in [0.15, 0.2) is 79.4 Å². The van der Waals surface area contributed by atoms with Crippen molar-refractivity contribution in [1.82, 2.24) is 15.0 Å². The van der Waals surface area contributed by atoms with Gasteiger partial charge in [0, 0.05) is 22.8 Å². The third kappa shape index (κ3) is 4.38. The molecule has 0 aliphatic rings. The number of allylic oxidation sites excluding steroid dienone is 1. The van der Waals surface area contributed by atoms with Crippen molar-refractivity contribution < 1.29 is 9.90 Å². The normalized spacial score (nSPS) is 12.1. The molecule has 0 aliphatic carbocycles. The number of hydrogen-bond acceptors (Lipinski definition) is 4. The first-order valence-electron chi connectivity index (χ1n) is 11.5. The number of hydrogen-bond donors (Lipinski definition) is 1. The van der Waals surface area contributed by atoms with E-state index in [1.54, 1.807) is 6.08 Å². The number of rotatable bonds is 8. The first kappa shape index (κ1) is 23.4. The van der Waals surface area contributed by atoms with E-state index in [-0.39, 0.29) is 11.5 Å². The van der Waals surface area contributed by atoms with Crippen molar-refractivity contribution in [3.05, 3.63) is 96.1 Å². The van der Waals surface area contributed by atoms with Crippen LogP contribution in [0.25, 0.3) is 16.7 Å². The van der Waals surface area contributed by atoms with Crippen LogP contribution in [0, 0.1) is 5.41 Å². The molecule has 4 rings (SSSR count). The maximum Gasteiger partial charge on any atom is 0.147 e. The second kappa shape index (κ2) is 8.90. The SMILES string of the molecule is C=CC(C)(C)C(=O)CCc1cc(-n2nc3ccccc3n2)c(O)c(C(C)(C)c2ccccc2)c1. The molecule has 0 radical (unpaired) electrons. The Morgan fingerprint density at radius 3 is 2.15 bits per heavy atom. The molecule has 0 amide bonds. The highest BCUT2D eigenvalue weighted by Crippen LogP contribution is 2.40. The number of nitrogens with zero attached hydrogens (tertiary/aromatic N) is 3. The number of aromatic nitrogens is 3. The summed E-state index contributed by atoms with van der Waals surface area (Å²) in [4.78, 5) is 14.3. The fourth-order valence-corrected chi connectivity index (χ4v) is 4.12. The molecular formula is C29H31N3O2. The van der Waals surface area contributed by atoms with Crippen LogP contribution in [0.4, 0.5) is 0 Å². The first-order valence-corrected chi connectivity index (χ1v) is 11.5. The van der Waals surface area contributed by atoms with Crippen molar-refractivity contribution in [2.24, 2.45) is 5.41 Å². The predicted octanol–water partition coefficient (Wildman–Crippen LogP) is 6.17. The van der Waals surface area contributed by atoms with Gasteiger partial charge in [0.25, 0.3) is 0 Å². The van der Waals surface area contributed by atoms with Crippen molar-refractivity contribution in [2.45, 2.75) is 46.0 Å². The predicted molar refractivity (Wildman–Crippen MR) is 136 cm³/mol. The Morgan fingerprint density at radius 2 is 1.56 bits per heavy atom. The zero-order valence-electron chi connectivity index (χ0n) is 20.2. The lowest BCUT2D eigenvalue weighted by molar-refractivity contribution is -0.124. The summed E-state index contributed by atoms with van der Waals surface area (Å²) < 4.78 is 0. The van der Waals surface area contributed by atoms with Gasteiger partial charge in [-0.2, -0.15) is 0 Å². The molecule has 3 aromatic carbocycles. The Labute approximate surface area is 200 Å². The number of phenols is 1. The van der Waals surface area contributed by atoms with Gasteiger partial charge in [-0.25, -0.2) is 0 Å². The minimum atomic E-state index is -0.576. The van der Waals surface area contributed by atoms with Crippen LogP contribution in [-0.2, 0) is 16.6 Å². The third-order valence-corrected chi connectivity index (χ3v) is 6.69. The molecule has 5 heteroatoms. The van der Waals surface area contributed by atoms with Crippen LogP contribution in [0.1, 0.15) is 50.8 Å². The monoisotopic (exact) mass is 453 g/mol. The molecule has 0 saturated carbocycles. The molecule has 0 aliphatic heterocycles. The maximum absolute atomic E-state index is 12.8. The molecule has 1 heterocycles. The van der Waals surface area contributed by atoms with Crippen LogP contribution in [-0.4, -0.2) is 25.9 Å². The average Bonchev–Trinajstić information content (AvgIpc) is 3.27. The number of ketones is 1. The summed E-state index contributed by atoms with van der Waals surface area (Å²) in [7, 11) is 0. The summed E-state index contributed by atoms with van der Waals surface area (Å²) in [5.41, 5.74) is 3.74. The van der Waals surface area contributed by atoms with Crippen molar-refractivity contribution in [3.8, 4) is 11.4 Å². The summed E-state index contributed by atoms with van der Waals surface area (Å²) in [6, 6.07) is 21.6. The van der Waals surface area contributed by atoms with Gasteiger partial charge in [0.1, 0.15) is 28.3 Å². The van der Waals surface area contributed by atoms with Crippen molar-refractivity contribution in [3.63, 3.8) is 0 Å². The van der Waals surface area contributed by atoms with Gasteiger partial charge in [0.05, 0.1) is 0 Å². The molecule has 0 spiro atoms. The van der Waals surface area contributed by atoms with E-state index in [0.717, 1.165) is 27.7 Å². The number of carbonyl (C=O) groups excluding carboxylic acids is 1. The molecule has 0 saturated heterocycles. The van der Waals surface area contributed by atoms with Gasteiger partial charge in [-0.15, -0.1) is 21.6 Å². The number of Topliss-reactive ketones (excluding diaryl/α,β-unsaturated/α-hetero) is 1. The van der Waals surface area contributed by atoms with Gasteiger partial charge in [0.2, 0.25) is 0 Å². The number of fused-ring (bicyclic) bond motifs is 1. The Balaban J connectivity index is 1.83. The molecule has 174 valence electrons. The Kier molecular flexibility index (Phi) is 6.13. The highest BCUT2D eigenvalue weighted by Gasteiger charge is 2.29. The highest BCUT2D eigenvalue weighted by atomic mass is 16.3.